The lowest BCUT2D eigenvalue weighted by Gasteiger charge is -2.32. The summed E-state index contributed by atoms with van der Waals surface area (Å²) in [6, 6.07) is 7.48. The molecule has 1 aliphatic heterocycles. The van der Waals surface area contributed by atoms with Crippen LogP contribution in [0.1, 0.15) is 32.4 Å². The number of carboxylic acid groups (broad SMARTS) is 1. The van der Waals surface area contributed by atoms with Crippen molar-refractivity contribution < 1.29 is 28.2 Å². The van der Waals surface area contributed by atoms with E-state index in [-0.39, 0.29) is 24.9 Å². The van der Waals surface area contributed by atoms with Gasteiger partial charge in [-0.2, -0.15) is 0 Å². The maximum Gasteiger partial charge on any atom is 0.314 e. The maximum absolute atomic E-state index is 13.5. The lowest BCUT2D eigenvalue weighted by atomic mass is 9.92. The summed E-state index contributed by atoms with van der Waals surface area (Å²) in [6.07, 6.45) is 1.54. The van der Waals surface area contributed by atoms with Crippen LogP contribution in [0, 0.1) is 11.2 Å². The molecular weight excluding hydrogens is 419 g/mol. The number of rotatable bonds is 7. The quantitative estimate of drug-likeness (QED) is 0.561. The van der Waals surface area contributed by atoms with Gasteiger partial charge in [-0.15, -0.1) is 0 Å². The van der Waals surface area contributed by atoms with Gasteiger partial charge in [0.2, 0.25) is 12.2 Å². The zero-order valence-electron chi connectivity index (χ0n) is 17.7. The van der Waals surface area contributed by atoms with E-state index in [2.05, 4.69) is 20.3 Å². The Morgan fingerprint density at radius 3 is 2.59 bits per heavy atom. The number of ether oxygens (including phenoxy) is 2. The normalized spacial score (nSPS) is 20.8. The molecule has 4 rings (SSSR count). The number of aromatic nitrogens is 3. The van der Waals surface area contributed by atoms with Gasteiger partial charge in [-0.1, -0.05) is 6.92 Å². The van der Waals surface area contributed by atoms with E-state index in [0.717, 1.165) is 6.42 Å². The van der Waals surface area contributed by atoms with Crippen molar-refractivity contribution in [3.8, 4) is 22.7 Å². The third-order valence-corrected chi connectivity index (χ3v) is 5.01. The van der Waals surface area contributed by atoms with Crippen molar-refractivity contribution in [2.75, 3.05) is 25.1 Å². The number of benzene rings is 1. The van der Waals surface area contributed by atoms with E-state index >= 15 is 0 Å². The highest BCUT2D eigenvalue weighted by atomic mass is 19.1. The molecule has 1 fully saturated rings. The third kappa shape index (κ3) is 4.46. The topological polar surface area (TPSA) is 120 Å². The van der Waals surface area contributed by atoms with Crippen LogP contribution in [-0.2, 0) is 14.3 Å². The number of oxazole rings is 1. The van der Waals surface area contributed by atoms with E-state index < -0.39 is 17.7 Å². The fraction of sp³-hybridized carbons (Fsp3) is 0.364. The number of halogens is 1. The number of nitrogens with zero attached hydrogens (tertiary/aromatic N) is 3. The number of nitrogens with one attached hydrogen (secondary N) is 1. The molecule has 0 amide bonds. The molecule has 1 saturated heterocycles. The zero-order valence-corrected chi connectivity index (χ0v) is 17.7. The van der Waals surface area contributed by atoms with Crippen molar-refractivity contribution in [3.63, 3.8) is 0 Å². The Balaban J connectivity index is 1.70. The molecule has 10 heteroatoms. The Bertz CT molecular complexity index is 1090. The van der Waals surface area contributed by atoms with Crippen molar-refractivity contribution in [1.29, 1.82) is 0 Å². The Hall–Kier alpha value is -3.37. The van der Waals surface area contributed by atoms with Crippen LogP contribution in [0.25, 0.3) is 22.7 Å². The molecule has 32 heavy (non-hydrogen) atoms. The molecule has 2 N–H and O–H groups in total. The molecule has 0 atom stereocenters. The van der Waals surface area contributed by atoms with Crippen LogP contribution in [0.5, 0.6) is 0 Å². The van der Waals surface area contributed by atoms with Crippen LogP contribution >= 0.6 is 0 Å². The first-order chi connectivity index (χ1) is 15.4. The maximum atomic E-state index is 13.5. The van der Waals surface area contributed by atoms with Crippen molar-refractivity contribution in [2.45, 2.75) is 26.6 Å². The standard InChI is InChI=1S/C22H23FN4O5/c1-3-9-24-21-25-10-8-15(26-21)16-17(13-4-6-14(23)7-5-13)32-18(27-16)19-30-11-22(2,12-31-19)20(28)29/h4-8,10,19H,3,9,11-12H2,1-2H3,(H,28,29)(H,24,25,26). The van der Waals surface area contributed by atoms with Gasteiger partial charge < -0.3 is 24.3 Å². The molecule has 2 aromatic heterocycles. The second-order valence-corrected chi connectivity index (χ2v) is 7.75. The monoisotopic (exact) mass is 442 g/mol. The molecule has 0 bridgehead atoms. The van der Waals surface area contributed by atoms with Crippen LogP contribution in [0.2, 0.25) is 0 Å². The minimum atomic E-state index is -1.15. The summed E-state index contributed by atoms with van der Waals surface area (Å²) in [6.45, 7) is 4.17. The summed E-state index contributed by atoms with van der Waals surface area (Å²) in [7, 11) is 0. The SMILES string of the molecule is CCCNc1nccc(-c2nc(C3OCC(C)(C(=O)O)CO3)oc2-c2ccc(F)cc2)n1. The number of carbonyl (C=O) groups is 1. The molecule has 1 aliphatic rings. The molecule has 1 aromatic carbocycles. The summed E-state index contributed by atoms with van der Waals surface area (Å²) in [4.78, 5) is 24.7. The minimum absolute atomic E-state index is 0.0603. The fourth-order valence-corrected chi connectivity index (χ4v) is 3.10. The van der Waals surface area contributed by atoms with E-state index in [1.54, 1.807) is 31.3 Å². The Morgan fingerprint density at radius 1 is 1.22 bits per heavy atom. The highest BCUT2D eigenvalue weighted by molar-refractivity contribution is 5.75. The van der Waals surface area contributed by atoms with Gasteiger partial charge in [-0.25, -0.2) is 19.3 Å². The average Bonchev–Trinajstić information content (AvgIpc) is 3.24. The molecule has 0 spiro atoms. The molecular formula is C22H23FN4O5. The summed E-state index contributed by atoms with van der Waals surface area (Å²) in [5.74, 6) is -0.465. The van der Waals surface area contributed by atoms with Gasteiger partial charge in [0.05, 0.1) is 18.9 Å². The van der Waals surface area contributed by atoms with Crippen LogP contribution in [0.15, 0.2) is 40.9 Å². The summed E-state index contributed by atoms with van der Waals surface area (Å²) < 4.78 is 30.7. The summed E-state index contributed by atoms with van der Waals surface area (Å²) >= 11 is 0. The first-order valence-corrected chi connectivity index (χ1v) is 10.2. The number of hydrogen-bond acceptors (Lipinski definition) is 8. The predicted octanol–water partition coefficient (Wildman–Crippen LogP) is 3.90. The first-order valence-electron chi connectivity index (χ1n) is 10.2. The van der Waals surface area contributed by atoms with Crippen molar-refractivity contribution in [2.24, 2.45) is 5.41 Å². The van der Waals surface area contributed by atoms with Gasteiger partial charge in [-0.3, -0.25) is 4.79 Å². The Labute approximate surface area is 183 Å². The largest absolute Gasteiger partial charge is 0.481 e. The van der Waals surface area contributed by atoms with Gasteiger partial charge in [0.25, 0.3) is 5.89 Å². The number of anilines is 1. The summed E-state index contributed by atoms with van der Waals surface area (Å²) in [5, 5.41) is 12.5. The van der Waals surface area contributed by atoms with E-state index in [9.17, 15) is 14.3 Å². The molecule has 9 nitrogen and oxygen atoms in total. The number of aliphatic carboxylic acids is 1. The highest BCUT2D eigenvalue weighted by Gasteiger charge is 2.41. The molecule has 0 unspecified atom stereocenters. The average molecular weight is 442 g/mol. The van der Waals surface area contributed by atoms with Gasteiger partial charge in [-0.05, 0) is 43.7 Å². The van der Waals surface area contributed by atoms with Crippen LogP contribution in [0.4, 0.5) is 10.3 Å². The Kier molecular flexibility index (Phi) is 6.15. The summed E-state index contributed by atoms with van der Waals surface area (Å²) in [5.41, 5.74) is 0.345. The minimum Gasteiger partial charge on any atom is -0.481 e. The molecule has 0 radical (unpaired) electrons. The zero-order chi connectivity index (χ0) is 22.7. The molecule has 168 valence electrons. The van der Waals surface area contributed by atoms with Gasteiger partial charge in [0.1, 0.15) is 16.9 Å². The number of hydrogen-bond donors (Lipinski definition) is 2. The van der Waals surface area contributed by atoms with E-state index in [0.29, 0.717) is 35.2 Å². The van der Waals surface area contributed by atoms with Crippen molar-refractivity contribution in [1.82, 2.24) is 15.0 Å². The molecule has 0 saturated carbocycles. The lowest BCUT2D eigenvalue weighted by molar-refractivity contribution is -0.241. The lowest BCUT2D eigenvalue weighted by Crippen LogP contribution is -2.42. The molecule has 3 heterocycles. The third-order valence-electron chi connectivity index (χ3n) is 5.01. The first kappa shape index (κ1) is 21.8. The second-order valence-electron chi connectivity index (χ2n) is 7.75. The molecule has 0 aliphatic carbocycles. The van der Waals surface area contributed by atoms with Crippen LogP contribution in [-0.4, -0.2) is 45.8 Å². The second kappa shape index (κ2) is 9.01. The van der Waals surface area contributed by atoms with Gasteiger partial charge in [0, 0.05) is 18.3 Å². The number of carboxylic acids is 1. The Morgan fingerprint density at radius 2 is 1.94 bits per heavy atom. The van der Waals surface area contributed by atoms with Gasteiger partial charge in [0.15, 0.2) is 5.76 Å². The van der Waals surface area contributed by atoms with Gasteiger partial charge >= 0.3 is 5.97 Å². The van der Waals surface area contributed by atoms with E-state index in [1.165, 1.54) is 12.1 Å². The van der Waals surface area contributed by atoms with E-state index in [1.807, 2.05) is 6.92 Å². The molecule has 3 aromatic rings. The van der Waals surface area contributed by atoms with Crippen molar-refractivity contribution in [3.05, 3.63) is 48.2 Å². The fourth-order valence-electron chi connectivity index (χ4n) is 3.10. The highest BCUT2D eigenvalue weighted by Crippen LogP contribution is 2.37. The van der Waals surface area contributed by atoms with Crippen molar-refractivity contribution >= 4 is 11.9 Å². The van der Waals surface area contributed by atoms with Crippen LogP contribution < -0.4 is 5.32 Å². The smallest absolute Gasteiger partial charge is 0.314 e. The van der Waals surface area contributed by atoms with Crippen LogP contribution in [0.3, 0.4) is 0 Å². The van der Waals surface area contributed by atoms with E-state index in [4.69, 9.17) is 13.9 Å². The predicted molar refractivity (Wildman–Crippen MR) is 112 cm³/mol.